The van der Waals surface area contributed by atoms with Crippen molar-refractivity contribution in [2.75, 3.05) is 26.2 Å². The summed E-state index contributed by atoms with van der Waals surface area (Å²) in [7, 11) is 0. The van der Waals surface area contributed by atoms with Gasteiger partial charge in [0.15, 0.2) is 0 Å². The Bertz CT molecular complexity index is 217. The molecule has 0 bridgehead atoms. The second-order valence-electron chi connectivity index (χ2n) is 4.54. The summed E-state index contributed by atoms with van der Waals surface area (Å²) in [4.78, 5) is 13.3. The highest BCUT2D eigenvalue weighted by molar-refractivity contribution is 5.74. The largest absolute Gasteiger partial charge is 0.480 e. The average Bonchev–Trinajstić information content (AvgIpc) is 3.06. The maximum Gasteiger partial charge on any atom is 0.320 e. The molecule has 0 aliphatic heterocycles. The maximum absolute atomic E-state index is 11.0. The van der Waals surface area contributed by atoms with Crippen LogP contribution in [0, 0.1) is 5.92 Å². The molecule has 0 saturated heterocycles. The minimum atomic E-state index is -0.693. The lowest BCUT2D eigenvalue weighted by Crippen LogP contribution is -2.42. The third kappa shape index (κ3) is 4.49. The van der Waals surface area contributed by atoms with Crippen LogP contribution in [0.2, 0.25) is 0 Å². The van der Waals surface area contributed by atoms with Crippen molar-refractivity contribution < 1.29 is 9.90 Å². The summed E-state index contributed by atoms with van der Waals surface area (Å²) >= 11 is 0. The van der Waals surface area contributed by atoms with Gasteiger partial charge in [0.05, 0.1) is 0 Å². The number of aliphatic carboxylic acids is 1. The van der Waals surface area contributed by atoms with E-state index in [-0.39, 0.29) is 6.04 Å². The molecule has 0 amide bonds. The molecule has 0 aromatic carbocycles. The van der Waals surface area contributed by atoms with Crippen LogP contribution < -0.4 is 5.32 Å². The first-order valence-corrected chi connectivity index (χ1v) is 6.37. The van der Waals surface area contributed by atoms with E-state index in [9.17, 15) is 4.79 Å². The van der Waals surface area contributed by atoms with Crippen LogP contribution >= 0.6 is 0 Å². The van der Waals surface area contributed by atoms with Gasteiger partial charge in [-0.15, -0.1) is 0 Å². The maximum atomic E-state index is 11.0. The van der Waals surface area contributed by atoms with Gasteiger partial charge in [0, 0.05) is 13.1 Å². The van der Waals surface area contributed by atoms with Crippen LogP contribution in [0.3, 0.4) is 0 Å². The lowest BCUT2D eigenvalue weighted by atomic mass is 10.2. The lowest BCUT2D eigenvalue weighted by molar-refractivity contribution is -0.140. The first-order chi connectivity index (χ1) is 7.69. The molecular formula is C12H24N2O2. The number of carboxylic acid groups (broad SMARTS) is 1. The van der Waals surface area contributed by atoms with Gasteiger partial charge in [-0.2, -0.15) is 0 Å². The Hall–Kier alpha value is -0.610. The number of hydrogen-bond acceptors (Lipinski definition) is 3. The normalized spacial score (nSPS) is 17.7. The molecule has 1 fully saturated rings. The zero-order valence-corrected chi connectivity index (χ0v) is 10.4. The molecule has 1 unspecified atom stereocenters. The highest BCUT2D eigenvalue weighted by Gasteiger charge is 2.35. The fourth-order valence-corrected chi connectivity index (χ4v) is 2.01. The number of likely N-dealkylation sites (N-methyl/N-ethyl adjacent to an activating group) is 1. The molecule has 0 aromatic rings. The van der Waals surface area contributed by atoms with Gasteiger partial charge in [-0.05, 0) is 38.3 Å². The Labute approximate surface area is 98.0 Å². The highest BCUT2D eigenvalue weighted by Crippen LogP contribution is 2.32. The summed E-state index contributed by atoms with van der Waals surface area (Å²) in [6, 6.07) is -0.319. The van der Waals surface area contributed by atoms with Gasteiger partial charge in [0.25, 0.3) is 0 Å². The van der Waals surface area contributed by atoms with Gasteiger partial charge in [-0.25, -0.2) is 0 Å². The van der Waals surface area contributed by atoms with Crippen LogP contribution in [-0.2, 0) is 4.79 Å². The van der Waals surface area contributed by atoms with E-state index >= 15 is 0 Å². The molecule has 2 N–H and O–H groups in total. The van der Waals surface area contributed by atoms with Gasteiger partial charge in [-0.1, -0.05) is 13.8 Å². The number of carboxylic acids is 1. The molecule has 16 heavy (non-hydrogen) atoms. The van der Waals surface area contributed by atoms with Crippen LogP contribution in [0.25, 0.3) is 0 Å². The summed E-state index contributed by atoms with van der Waals surface area (Å²) < 4.78 is 0. The van der Waals surface area contributed by atoms with E-state index in [1.165, 1.54) is 0 Å². The lowest BCUT2D eigenvalue weighted by Gasteiger charge is -2.21. The number of rotatable bonds is 9. The molecule has 94 valence electrons. The molecule has 1 rings (SSSR count). The minimum Gasteiger partial charge on any atom is -0.480 e. The zero-order chi connectivity index (χ0) is 12.0. The van der Waals surface area contributed by atoms with E-state index in [0.717, 1.165) is 45.4 Å². The van der Waals surface area contributed by atoms with Crippen molar-refractivity contribution in [3.63, 3.8) is 0 Å². The third-order valence-corrected chi connectivity index (χ3v) is 3.14. The molecule has 0 aromatic heterocycles. The Morgan fingerprint density at radius 1 is 1.44 bits per heavy atom. The van der Waals surface area contributed by atoms with Crippen molar-refractivity contribution in [3.05, 3.63) is 0 Å². The summed E-state index contributed by atoms with van der Waals surface area (Å²) in [5.74, 6) is -0.320. The first kappa shape index (κ1) is 13.5. The van der Waals surface area contributed by atoms with Gasteiger partial charge in [0.2, 0.25) is 0 Å². The Morgan fingerprint density at radius 3 is 2.56 bits per heavy atom. The van der Waals surface area contributed by atoms with Crippen molar-refractivity contribution in [1.82, 2.24) is 10.2 Å². The first-order valence-electron chi connectivity index (χ1n) is 6.37. The van der Waals surface area contributed by atoms with E-state index in [1.807, 2.05) is 0 Å². The number of nitrogens with zero attached hydrogens (tertiary/aromatic N) is 1. The molecule has 0 spiro atoms. The van der Waals surface area contributed by atoms with Gasteiger partial charge >= 0.3 is 5.97 Å². The Balaban J connectivity index is 2.18. The van der Waals surface area contributed by atoms with Crippen molar-refractivity contribution in [1.29, 1.82) is 0 Å². The summed E-state index contributed by atoms with van der Waals surface area (Å²) in [5.41, 5.74) is 0. The molecule has 0 radical (unpaired) electrons. The predicted molar refractivity (Wildman–Crippen MR) is 64.6 cm³/mol. The second kappa shape index (κ2) is 6.86. The molecule has 1 atom stereocenters. The smallest absolute Gasteiger partial charge is 0.320 e. The molecule has 1 aliphatic carbocycles. The Morgan fingerprint density at radius 2 is 2.12 bits per heavy atom. The standard InChI is InChI=1S/C12H24N2O2/c1-3-8-14(4-2)9-7-13-11(12(15)16)10-5-6-10/h10-11,13H,3-9H2,1-2H3,(H,15,16). The Kier molecular flexibility index (Phi) is 5.77. The predicted octanol–water partition coefficient (Wildman–Crippen LogP) is 1.17. The zero-order valence-electron chi connectivity index (χ0n) is 10.4. The topological polar surface area (TPSA) is 52.6 Å². The molecule has 1 saturated carbocycles. The van der Waals surface area contributed by atoms with Crippen LogP contribution in [0.4, 0.5) is 0 Å². The van der Waals surface area contributed by atoms with Crippen molar-refractivity contribution in [2.45, 2.75) is 39.2 Å². The average molecular weight is 228 g/mol. The van der Waals surface area contributed by atoms with Crippen LogP contribution in [0.15, 0.2) is 0 Å². The van der Waals surface area contributed by atoms with E-state index in [0.29, 0.717) is 5.92 Å². The monoisotopic (exact) mass is 228 g/mol. The van der Waals surface area contributed by atoms with Gasteiger partial charge in [-0.3, -0.25) is 4.79 Å². The summed E-state index contributed by atoms with van der Waals surface area (Å²) in [5, 5.41) is 12.2. The quantitative estimate of drug-likeness (QED) is 0.622. The van der Waals surface area contributed by atoms with Crippen LogP contribution in [0.1, 0.15) is 33.1 Å². The SMILES string of the molecule is CCCN(CC)CCNC(C(=O)O)C1CC1. The van der Waals surface area contributed by atoms with Crippen molar-refractivity contribution >= 4 is 5.97 Å². The minimum absolute atomic E-state index is 0.319. The number of carbonyl (C=O) groups is 1. The molecule has 0 heterocycles. The fraction of sp³-hybridized carbons (Fsp3) is 0.917. The molecular weight excluding hydrogens is 204 g/mol. The van der Waals surface area contributed by atoms with Crippen LogP contribution in [-0.4, -0.2) is 48.2 Å². The second-order valence-corrected chi connectivity index (χ2v) is 4.54. The van der Waals surface area contributed by atoms with Gasteiger partial charge < -0.3 is 15.3 Å². The fourth-order valence-electron chi connectivity index (χ4n) is 2.01. The number of nitrogens with one attached hydrogen (secondary N) is 1. The molecule has 1 aliphatic rings. The number of hydrogen-bond donors (Lipinski definition) is 2. The van der Waals surface area contributed by atoms with E-state index < -0.39 is 5.97 Å². The van der Waals surface area contributed by atoms with E-state index in [4.69, 9.17) is 5.11 Å². The molecule has 4 nitrogen and oxygen atoms in total. The molecule has 4 heteroatoms. The van der Waals surface area contributed by atoms with Crippen molar-refractivity contribution in [2.24, 2.45) is 5.92 Å². The van der Waals surface area contributed by atoms with Crippen molar-refractivity contribution in [3.8, 4) is 0 Å². The van der Waals surface area contributed by atoms with E-state index in [2.05, 4.69) is 24.1 Å². The summed E-state index contributed by atoms with van der Waals surface area (Å²) in [6.45, 7) is 8.17. The van der Waals surface area contributed by atoms with Crippen LogP contribution in [0.5, 0.6) is 0 Å². The third-order valence-electron chi connectivity index (χ3n) is 3.14. The van der Waals surface area contributed by atoms with E-state index in [1.54, 1.807) is 0 Å². The highest BCUT2D eigenvalue weighted by atomic mass is 16.4. The summed E-state index contributed by atoms with van der Waals surface area (Å²) in [6.07, 6.45) is 3.28. The van der Waals surface area contributed by atoms with Gasteiger partial charge in [0.1, 0.15) is 6.04 Å².